The summed E-state index contributed by atoms with van der Waals surface area (Å²) < 4.78 is 0. The van der Waals surface area contributed by atoms with Crippen LogP contribution < -0.4 is 0 Å². The molecule has 3 heteroatoms. The summed E-state index contributed by atoms with van der Waals surface area (Å²) >= 11 is 0. The lowest BCUT2D eigenvalue weighted by Gasteiger charge is -2.38. The Balaban J connectivity index is 1.68. The molecule has 5 atom stereocenters. The second-order valence-corrected chi connectivity index (χ2v) is 6.95. The van der Waals surface area contributed by atoms with Crippen LogP contribution in [0.1, 0.15) is 30.9 Å². The maximum absolute atomic E-state index is 11.2. The SMILES string of the molecule is C=CC1CN2CCC1CCC2C(O)c1ccnc2ccccc12. The number of pyridine rings is 1. The molecule has 2 bridgehead atoms. The summed E-state index contributed by atoms with van der Waals surface area (Å²) in [5.41, 5.74) is 1.97. The number of rotatable bonds is 3. The summed E-state index contributed by atoms with van der Waals surface area (Å²) in [5.74, 6) is 1.32. The minimum Gasteiger partial charge on any atom is -0.387 e. The number of aliphatic hydroxyl groups excluding tert-OH is 1. The van der Waals surface area contributed by atoms with Crippen molar-refractivity contribution in [2.45, 2.75) is 31.4 Å². The van der Waals surface area contributed by atoms with Crippen molar-refractivity contribution in [3.8, 4) is 0 Å². The highest BCUT2D eigenvalue weighted by molar-refractivity contribution is 5.82. The van der Waals surface area contributed by atoms with Crippen molar-refractivity contribution in [2.24, 2.45) is 11.8 Å². The Morgan fingerprint density at radius 1 is 1.22 bits per heavy atom. The molecule has 5 unspecified atom stereocenters. The molecule has 0 radical (unpaired) electrons. The van der Waals surface area contributed by atoms with Crippen molar-refractivity contribution in [1.29, 1.82) is 0 Å². The van der Waals surface area contributed by atoms with Gasteiger partial charge in [0.25, 0.3) is 0 Å². The fraction of sp³-hybridized carbons (Fsp3) is 0.450. The predicted molar refractivity (Wildman–Crippen MR) is 93.1 cm³/mol. The van der Waals surface area contributed by atoms with Gasteiger partial charge in [0.15, 0.2) is 0 Å². The number of piperidine rings is 1. The third-order valence-electron chi connectivity index (χ3n) is 5.81. The summed E-state index contributed by atoms with van der Waals surface area (Å²) in [6, 6.07) is 10.3. The van der Waals surface area contributed by atoms with Crippen LogP contribution in [0.25, 0.3) is 10.9 Å². The molecule has 23 heavy (non-hydrogen) atoms. The Bertz CT molecular complexity index is 708. The summed E-state index contributed by atoms with van der Waals surface area (Å²) in [7, 11) is 0. The molecule has 0 spiro atoms. The second-order valence-electron chi connectivity index (χ2n) is 6.95. The number of fused-ring (bicyclic) bond motifs is 5. The second kappa shape index (κ2) is 6.06. The van der Waals surface area contributed by atoms with Crippen LogP contribution in [0.15, 0.2) is 49.2 Å². The maximum atomic E-state index is 11.2. The van der Waals surface area contributed by atoms with E-state index in [-0.39, 0.29) is 6.04 Å². The van der Waals surface area contributed by atoms with E-state index < -0.39 is 6.10 Å². The lowest BCUT2D eigenvalue weighted by atomic mass is 9.85. The number of para-hydroxylation sites is 1. The summed E-state index contributed by atoms with van der Waals surface area (Å²) in [6.07, 6.45) is 6.97. The molecule has 1 aromatic carbocycles. The van der Waals surface area contributed by atoms with E-state index in [1.807, 2.05) is 30.5 Å². The monoisotopic (exact) mass is 308 g/mol. The van der Waals surface area contributed by atoms with Crippen LogP contribution in [0.2, 0.25) is 0 Å². The first-order chi connectivity index (χ1) is 11.3. The molecule has 0 aliphatic carbocycles. The van der Waals surface area contributed by atoms with E-state index in [1.165, 1.54) is 12.8 Å². The van der Waals surface area contributed by atoms with Gasteiger partial charge in [-0.3, -0.25) is 9.88 Å². The molecule has 120 valence electrons. The van der Waals surface area contributed by atoms with Gasteiger partial charge >= 0.3 is 0 Å². The Hall–Kier alpha value is -1.71. The number of aromatic nitrogens is 1. The molecule has 3 fully saturated rings. The van der Waals surface area contributed by atoms with Crippen molar-refractivity contribution in [1.82, 2.24) is 9.88 Å². The Labute approximate surface area is 137 Å². The molecule has 0 saturated carbocycles. The highest BCUT2D eigenvalue weighted by atomic mass is 16.3. The van der Waals surface area contributed by atoms with E-state index in [0.717, 1.165) is 41.9 Å². The Kier molecular flexibility index (Phi) is 3.92. The van der Waals surface area contributed by atoms with Crippen LogP contribution in [0.4, 0.5) is 0 Å². The molecule has 3 saturated heterocycles. The van der Waals surface area contributed by atoms with Crippen LogP contribution in [-0.4, -0.2) is 34.1 Å². The first-order valence-corrected chi connectivity index (χ1v) is 8.66. The molecule has 3 nitrogen and oxygen atoms in total. The predicted octanol–water partition coefficient (Wildman–Crippen LogP) is 3.55. The van der Waals surface area contributed by atoms with Crippen LogP contribution >= 0.6 is 0 Å². The standard InChI is InChI=1S/C20H24N2O/c1-2-14-13-22-12-10-15(14)7-8-19(22)20(23)17-9-11-21-18-6-4-3-5-16(17)18/h2-6,9,11,14-15,19-20,23H,1,7-8,10,12-13H2. The average molecular weight is 308 g/mol. The highest BCUT2D eigenvalue weighted by Gasteiger charge is 2.38. The van der Waals surface area contributed by atoms with Gasteiger partial charge in [-0.15, -0.1) is 6.58 Å². The van der Waals surface area contributed by atoms with Crippen LogP contribution in [0.3, 0.4) is 0 Å². The lowest BCUT2D eigenvalue weighted by molar-refractivity contribution is 0.0379. The van der Waals surface area contributed by atoms with Crippen molar-refractivity contribution in [3.63, 3.8) is 0 Å². The van der Waals surface area contributed by atoms with E-state index in [1.54, 1.807) is 0 Å². The molecule has 0 amide bonds. The minimum absolute atomic E-state index is 0.204. The Morgan fingerprint density at radius 2 is 2.09 bits per heavy atom. The fourth-order valence-corrected chi connectivity index (χ4v) is 4.49. The van der Waals surface area contributed by atoms with Gasteiger partial charge in [0, 0.05) is 24.2 Å². The van der Waals surface area contributed by atoms with Gasteiger partial charge in [-0.1, -0.05) is 24.3 Å². The van der Waals surface area contributed by atoms with E-state index in [2.05, 4.69) is 28.6 Å². The molecule has 1 N–H and O–H groups in total. The first kappa shape index (κ1) is 14.9. The van der Waals surface area contributed by atoms with Gasteiger partial charge in [0.1, 0.15) is 0 Å². The summed E-state index contributed by atoms with van der Waals surface area (Å²) in [5, 5.41) is 12.2. The lowest BCUT2D eigenvalue weighted by Crippen LogP contribution is -2.44. The normalized spacial score (nSPS) is 31.7. The third-order valence-corrected chi connectivity index (χ3v) is 5.81. The molecule has 5 rings (SSSR count). The van der Waals surface area contributed by atoms with Gasteiger partial charge in [-0.25, -0.2) is 0 Å². The molecule has 4 heterocycles. The van der Waals surface area contributed by atoms with E-state index in [0.29, 0.717) is 5.92 Å². The van der Waals surface area contributed by atoms with Crippen LogP contribution in [0.5, 0.6) is 0 Å². The third kappa shape index (κ3) is 2.58. The van der Waals surface area contributed by atoms with Crippen LogP contribution in [-0.2, 0) is 0 Å². The molecular formula is C20H24N2O. The number of hydrogen-bond donors (Lipinski definition) is 1. The van der Waals surface area contributed by atoms with Crippen LogP contribution in [0, 0.1) is 11.8 Å². The smallest absolute Gasteiger partial charge is 0.0952 e. The summed E-state index contributed by atoms with van der Waals surface area (Å²) in [4.78, 5) is 6.90. The zero-order chi connectivity index (χ0) is 15.8. The zero-order valence-corrected chi connectivity index (χ0v) is 13.4. The number of aliphatic hydroxyl groups is 1. The Morgan fingerprint density at radius 3 is 2.96 bits per heavy atom. The summed E-state index contributed by atoms with van der Waals surface area (Å²) in [6.45, 7) is 6.15. The zero-order valence-electron chi connectivity index (χ0n) is 13.4. The minimum atomic E-state index is -0.454. The van der Waals surface area contributed by atoms with Gasteiger partial charge in [-0.2, -0.15) is 0 Å². The van der Waals surface area contributed by atoms with E-state index in [4.69, 9.17) is 0 Å². The average Bonchev–Trinajstić information content (AvgIpc) is 2.92. The van der Waals surface area contributed by atoms with E-state index >= 15 is 0 Å². The van der Waals surface area contributed by atoms with Gasteiger partial charge < -0.3 is 5.11 Å². The van der Waals surface area contributed by atoms with E-state index in [9.17, 15) is 5.11 Å². The van der Waals surface area contributed by atoms with Gasteiger partial charge in [0.05, 0.1) is 11.6 Å². The van der Waals surface area contributed by atoms with Gasteiger partial charge in [0.2, 0.25) is 0 Å². The van der Waals surface area contributed by atoms with Crippen molar-refractivity contribution >= 4 is 10.9 Å². The molecule has 2 aromatic rings. The molecule has 3 aliphatic heterocycles. The topological polar surface area (TPSA) is 36.4 Å². The van der Waals surface area contributed by atoms with Gasteiger partial charge in [-0.05, 0) is 55.3 Å². The maximum Gasteiger partial charge on any atom is 0.0952 e. The number of nitrogens with zero attached hydrogens (tertiary/aromatic N) is 2. The highest BCUT2D eigenvalue weighted by Crippen LogP contribution is 2.39. The number of benzene rings is 1. The fourth-order valence-electron chi connectivity index (χ4n) is 4.49. The van der Waals surface area contributed by atoms with Crippen molar-refractivity contribution in [3.05, 3.63) is 54.7 Å². The molecule has 3 aliphatic rings. The molecule has 1 aromatic heterocycles. The first-order valence-electron chi connectivity index (χ1n) is 8.66. The number of hydrogen-bond acceptors (Lipinski definition) is 3. The van der Waals surface area contributed by atoms with Crippen molar-refractivity contribution < 1.29 is 5.11 Å². The largest absolute Gasteiger partial charge is 0.387 e. The van der Waals surface area contributed by atoms with Crippen molar-refractivity contribution in [2.75, 3.05) is 13.1 Å². The molecular weight excluding hydrogens is 284 g/mol. The quantitative estimate of drug-likeness (QED) is 0.881.